The molecule has 4 heteroatoms. The van der Waals surface area contributed by atoms with Crippen LogP contribution in [0.3, 0.4) is 0 Å². The van der Waals surface area contributed by atoms with Crippen LogP contribution in [-0.4, -0.2) is 34.8 Å². The third-order valence-electron chi connectivity index (χ3n) is 2.98. The van der Waals surface area contributed by atoms with Crippen LogP contribution in [0, 0.1) is 6.92 Å². The van der Waals surface area contributed by atoms with E-state index in [1.165, 1.54) is 0 Å². The average molecular weight is 231 g/mol. The van der Waals surface area contributed by atoms with Gasteiger partial charge in [-0.15, -0.1) is 0 Å². The maximum atomic E-state index is 9.18. The van der Waals surface area contributed by atoms with Crippen molar-refractivity contribution < 1.29 is 5.11 Å². The molecule has 1 aromatic heterocycles. The Morgan fingerprint density at radius 1 is 1.24 bits per heavy atom. The first-order chi connectivity index (χ1) is 8.13. The summed E-state index contributed by atoms with van der Waals surface area (Å²) in [6.45, 7) is 4.00. The number of hydrogen-bond donors (Lipinski definition) is 1. The molecule has 0 saturated heterocycles. The first kappa shape index (κ1) is 11.8. The van der Waals surface area contributed by atoms with E-state index in [9.17, 15) is 5.11 Å². The van der Waals surface area contributed by atoms with E-state index >= 15 is 0 Å². The molecule has 2 rings (SSSR count). The van der Waals surface area contributed by atoms with Gasteiger partial charge in [-0.3, -0.25) is 0 Å². The highest BCUT2D eigenvalue weighted by atomic mass is 16.3. The van der Waals surface area contributed by atoms with Crippen molar-refractivity contribution in [2.45, 2.75) is 19.9 Å². The number of para-hydroxylation sites is 2. The molecule has 0 radical (unpaired) electrons. The molecule has 17 heavy (non-hydrogen) atoms. The number of rotatable bonds is 3. The lowest BCUT2D eigenvalue weighted by molar-refractivity contribution is 0.269. The Balaban J connectivity index is 2.50. The maximum absolute atomic E-state index is 9.18. The molecular weight excluding hydrogens is 214 g/mol. The predicted molar refractivity (Wildman–Crippen MR) is 69.2 cm³/mol. The van der Waals surface area contributed by atoms with Crippen molar-refractivity contribution in [1.82, 2.24) is 9.97 Å². The van der Waals surface area contributed by atoms with Gasteiger partial charge in [-0.25, -0.2) is 9.97 Å². The fraction of sp³-hybridized carbons (Fsp3) is 0.385. The molecule has 1 aromatic carbocycles. The first-order valence-electron chi connectivity index (χ1n) is 5.70. The van der Waals surface area contributed by atoms with Crippen LogP contribution in [0.15, 0.2) is 24.3 Å². The van der Waals surface area contributed by atoms with Crippen LogP contribution in [0.5, 0.6) is 0 Å². The molecule has 1 heterocycles. The number of hydrogen-bond acceptors (Lipinski definition) is 4. The molecule has 0 aliphatic carbocycles. The van der Waals surface area contributed by atoms with Crippen molar-refractivity contribution in [1.29, 1.82) is 0 Å². The molecule has 0 spiro atoms. The number of fused-ring (bicyclic) bond motifs is 1. The fourth-order valence-corrected chi connectivity index (χ4v) is 1.74. The van der Waals surface area contributed by atoms with Crippen molar-refractivity contribution in [2.24, 2.45) is 0 Å². The number of nitrogens with zero attached hydrogens (tertiary/aromatic N) is 3. The molecule has 90 valence electrons. The number of aryl methyl sites for hydroxylation is 1. The van der Waals surface area contributed by atoms with E-state index < -0.39 is 0 Å². The molecule has 2 aromatic rings. The number of benzene rings is 1. The lowest BCUT2D eigenvalue weighted by Gasteiger charge is -2.25. The molecule has 4 nitrogen and oxygen atoms in total. The van der Waals surface area contributed by atoms with Gasteiger partial charge < -0.3 is 10.0 Å². The minimum absolute atomic E-state index is 0.0316. The van der Waals surface area contributed by atoms with Gasteiger partial charge in [-0.05, 0) is 26.0 Å². The van der Waals surface area contributed by atoms with Gasteiger partial charge in [-0.1, -0.05) is 12.1 Å². The second-order valence-corrected chi connectivity index (χ2v) is 4.26. The number of aliphatic hydroxyl groups excluding tert-OH is 1. The summed E-state index contributed by atoms with van der Waals surface area (Å²) in [5.41, 5.74) is 2.66. The van der Waals surface area contributed by atoms with Crippen LogP contribution in [0.25, 0.3) is 11.0 Å². The molecule has 0 fully saturated rings. The van der Waals surface area contributed by atoms with Crippen LogP contribution in [-0.2, 0) is 0 Å². The zero-order valence-corrected chi connectivity index (χ0v) is 10.4. The minimum atomic E-state index is 0.0316. The third kappa shape index (κ3) is 2.22. The van der Waals surface area contributed by atoms with Gasteiger partial charge >= 0.3 is 0 Å². The average Bonchev–Trinajstić information content (AvgIpc) is 2.36. The summed E-state index contributed by atoms with van der Waals surface area (Å²) >= 11 is 0. The fourth-order valence-electron chi connectivity index (χ4n) is 1.74. The second-order valence-electron chi connectivity index (χ2n) is 4.26. The number of likely N-dealkylation sites (N-methyl/N-ethyl adjacent to an activating group) is 1. The summed E-state index contributed by atoms with van der Waals surface area (Å²) in [7, 11) is 1.92. The summed E-state index contributed by atoms with van der Waals surface area (Å²) in [4.78, 5) is 11.1. The van der Waals surface area contributed by atoms with Crippen molar-refractivity contribution in [2.75, 3.05) is 18.6 Å². The first-order valence-corrected chi connectivity index (χ1v) is 5.70. The molecule has 0 aliphatic heterocycles. The number of anilines is 1. The van der Waals surface area contributed by atoms with Crippen LogP contribution < -0.4 is 4.90 Å². The molecule has 0 aliphatic rings. The maximum Gasteiger partial charge on any atom is 0.150 e. The normalized spacial score (nSPS) is 12.7. The van der Waals surface area contributed by atoms with Crippen LogP contribution >= 0.6 is 0 Å². The summed E-state index contributed by atoms with van der Waals surface area (Å²) in [6, 6.07) is 7.84. The standard InChI is InChI=1S/C13H17N3O/c1-9(8-17)16(3)13-10(2)14-11-6-4-5-7-12(11)15-13/h4-7,9,17H,8H2,1-3H3. The van der Waals surface area contributed by atoms with Gasteiger partial charge in [0.1, 0.15) is 0 Å². The highest BCUT2D eigenvalue weighted by molar-refractivity contribution is 5.76. The van der Waals surface area contributed by atoms with Crippen molar-refractivity contribution in [3.8, 4) is 0 Å². The summed E-state index contributed by atoms with van der Waals surface area (Å²) in [5, 5.41) is 9.18. The summed E-state index contributed by atoms with van der Waals surface area (Å²) in [5.74, 6) is 0.824. The van der Waals surface area contributed by atoms with Gasteiger partial charge in [0.15, 0.2) is 5.82 Å². The molecule has 1 N–H and O–H groups in total. The minimum Gasteiger partial charge on any atom is -0.394 e. The van der Waals surface area contributed by atoms with Gasteiger partial charge in [0.2, 0.25) is 0 Å². The largest absolute Gasteiger partial charge is 0.394 e. The van der Waals surface area contributed by atoms with Crippen molar-refractivity contribution in [3.63, 3.8) is 0 Å². The quantitative estimate of drug-likeness (QED) is 0.874. The Bertz CT molecular complexity index is 527. The third-order valence-corrected chi connectivity index (χ3v) is 2.98. The van der Waals surface area contributed by atoms with Crippen molar-refractivity contribution in [3.05, 3.63) is 30.0 Å². The lowest BCUT2D eigenvalue weighted by atomic mass is 10.2. The van der Waals surface area contributed by atoms with E-state index in [4.69, 9.17) is 0 Å². The van der Waals surface area contributed by atoms with E-state index in [1.54, 1.807) is 0 Å². The van der Waals surface area contributed by atoms with Crippen LogP contribution in [0.1, 0.15) is 12.6 Å². The van der Waals surface area contributed by atoms with E-state index in [0.717, 1.165) is 22.5 Å². The molecule has 1 atom stereocenters. The highest BCUT2D eigenvalue weighted by Crippen LogP contribution is 2.20. The summed E-state index contributed by atoms with van der Waals surface area (Å²) in [6.07, 6.45) is 0. The predicted octanol–water partition coefficient (Wildman–Crippen LogP) is 1.76. The zero-order chi connectivity index (χ0) is 12.4. The van der Waals surface area contributed by atoms with Crippen LogP contribution in [0.4, 0.5) is 5.82 Å². The monoisotopic (exact) mass is 231 g/mol. The molecule has 0 amide bonds. The van der Waals surface area contributed by atoms with E-state index in [1.807, 2.05) is 50.1 Å². The molecular formula is C13H17N3O. The van der Waals surface area contributed by atoms with Crippen molar-refractivity contribution >= 4 is 16.9 Å². The Morgan fingerprint density at radius 2 is 1.82 bits per heavy atom. The van der Waals surface area contributed by atoms with Gasteiger partial charge in [0.05, 0.1) is 29.4 Å². The Hall–Kier alpha value is -1.68. The molecule has 1 unspecified atom stereocenters. The Kier molecular flexibility index (Phi) is 3.24. The van der Waals surface area contributed by atoms with E-state index in [-0.39, 0.29) is 12.6 Å². The van der Waals surface area contributed by atoms with Gasteiger partial charge in [-0.2, -0.15) is 0 Å². The number of aliphatic hydroxyl groups is 1. The SMILES string of the molecule is Cc1nc2ccccc2nc1N(C)C(C)CO. The highest BCUT2D eigenvalue weighted by Gasteiger charge is 2.14. The van der Waals surface area contributed by atoms with E-state index in [2.05, 4.69) is 9.97 Å². The van der Waals surface area contributed by atoms with Crippen LogP contribution in [0.2, 0.25) is 0 Å². The molecule has 0 saturated carbocycles. The summed E-state index contributed by atoms with van der Waals surface area (Å²) < 4.78 is 0. The second kappa shape index (κ2) is 4.67. The molecule has 0 bridgehead atoms. The Morgan fingerprint density at radius 3 is 2.41 bits per heavy atom. The zero-order valence-electron chi connectivity index (χ0n) is 10.4. The Labute approximate surface area is 101 Å². The smallest absolute Gasteiger partial charge is 0.150 e. The van der Waals surface area contributed by atoms with E-state index in [0.29, 0.717) is 0 Å². The topological polar surface area (TPSA) is 49.2 Å². The lowest BCUT2D eigenvalue weighted by Crippen LogP contribution is -2.33. The van der Waals surface area contributed by atoms with Gasteiger partial charge in [0.25, 0.3) is 0 Å². The van der Waals surface area contributed by atoms with Gasteiger partial charge in [0, 0.05) is 7.05 Å². The number of aromatic nitrogens is 2.